The molecule has 0 fully saturated rings. The Bertz CT molecular complexity index is 676. The maximum atomic E-state index is 11.8. The molecule has 22 heavy (non-hydrogen) atoms. The molecule has 2 aromatic rings. The number of benzene rings is 1. The van der Waals surface area contributed by atoms with Gasteiger partial charge in [-0.25, -0.2) is 5.43 Å². The first kappa shape index (κ1) is 16.2. The molecule has 1 aromatic carbocycles. The fourth-order valence-electron chi connectivity index (χ4n) is 2.11. The third kappa shape index (κ3) is 3.74. The number of methoxy groups -OCH3 is 1. The normalized spacial score (nSPS) is 11.1. The van der Waals surface area contributed by atoms with Crippen LogP contribution in [0.25, 0.3) is 0 Å². The number of amides is 1. The molecular weight excluding hydrogens is 296 g/mol. The Labute approximate surface area is 134 Å². The van der Waals surface area contributed by atoms with Gasteiger partial charge in [0.15, 0.2) is 0 Å². The van der Waals surface area contributed by atoms with Gasteiger partial charge in [-0.1, -0.05) is 19.9 Å². The largest absolute Gasteiger partial charge is 0.496 e. The van der Waals surface area contributed by atoms with Crippen LogP contribution in [0.1, 0.15) is 46.1 Å². The summed E-state index contributed by atoms with van der Waals surface area (Å²) in [4.78, 5) is 12.5. The van der Waals surface area contributed by atoms with Gasteiger partial charge in [0.25, 0.3) is 5.91 Å². The van der Waals surface area contributed by atoms with E-state index in [1.165, 1.54) is 11.3 Å². The number of nitrogens with zero attached hydrogens (tertiary/aromatic N) is 1. The van der Waals surface area contributed by atoms with Crippen molar-refractivity contribution in [3.63, 3.8) is 0 Å². The molecule has 1 heterocycles. The van der Waals surface area contributed by atoms with Crippen LogP contribution in [0.5, 0.6) is 5.75 Å². The molecule has 0 aliphatic carbocycles. The molecule has 4 nitrogen and oxygen atoms in total. The summed E-state index contributed by atoms with van der Waals surface area (Å²) in [5.74, 6) is 1.04. The van der Waals surface area contributed by atoms with E-state index in [1.807, 2.05) is 24.4 Å². The Morgan fingerprint density at radius 3 is 2.77 bits per heavy atom. The summed E-state index contributed by atoms with van der Waals surface area (Å²) in [6.45, 7) is 6.23. The second-order valence-corrected chi connectivity index (χ2v) is 6.23. The lowest BCUT2D eigenvalue weighted by Crippen LogP contribution is -2.16. The van der Waals surface area contributed by atoms with E-state index in [-0.39, 0.29) is 5.91 Å². The highest BCUT2D eigenvalue weighted by Crippen LogP contribution is 2.28. The van der Waals surface area contributed by atoms with Crippen LogP contribution >= 0.6 is 11.3 Å². The fraction of sp³-hybridized carbons (Fsp3) is 0.294. The molecular formula is C17H20N2O2S. The highest BCUT2D eigenvalue weighted by molar-refractivity contribution is 7.12. The number of carbonyl (C=O) groups is 1. The Balaban J connectivity index is 2.17. The zero-order chi connectivity index (χ0) is 16.1. The first-order chi connectivity index (χ1) is 10.5. The molecule has 0 radical (unpaired) electrons. The predicted octanol–water partition coefficient (Wildman–Crippen LogP) is 3.95. The van der Waals surface area contributed by atoms with Crippen molar-refractivity contribution in [3.05, 3.63) is 51.2 Å². The van der Waals surface area contributed by atoms with Gasteiger partial charge in [0, 0.05) is 0 Å². The van der Waals surface area contributed by atoms with Crippen LogP contribution in [-0.2, 0) is 0 Å². The molecule has 0 saturated carbocycles. The quantitative estimate of drug-likeness (QED) is 0.670. The first-order valence-electron chi connectivity index (χ1n) is 7.08. The number of hydrogen-bond acceptors (Lipinski definition) is 4. The van der Waals surface area contributed by atoms with Gasteiger partial charge in [-0.15, -0.1) is 11.3 Å². The van der Waals surface area contributed by atoms with Gasteiger partial charge in [-0.2, -0.15) is 5.10 Å². The van der Waals surface area contributed by atoms with E-state index in [0.29, 0.717) is 10.8 Å². The summed E-state index contributed by atoms with van der Waals surface area (Å²) in [6, 6.07) is 7.66. The smallest absolute Gasteiger partial charge is 0.281 e. The van der Waals surface area contributed by atoms with Crippen LogP contribution in [0.3, 0.4) is 0 Å². The van der Waals surface area contributed by atoms with Crippen LogP contribution in [0, 0.1) is 6.92 Å². The lowest BCUT2D eigenvalue weighted by molar-refractivity contribution is 0.0959. The van der Waals surface area contributed by atoms with Crippen LogP contribution < -0.4 is 10.2 Å². The zero-order valence-corrected chi connectivity index (χ0v) is 14.0. The van der Waals surface area contributed by atoms with E-state index in [4.69, 9.17) is 4.74 Å². The molecule has 1 amide bonds. The van der Waals surface area contributed by atoms with Gasteiger partial charge in [-0.3, -0.25) is 4.79 Å². The SMILES string of the molecule is COc1cc(C)c(/C=N/NC(=O)c2cccs2)cc1C(C)C. The van der Waals surface area contributed by atoms with Crippen molar-refractivity contribution in [2.24, 2.45) is 5.10 Å². The maximum absolute atomic E-state index is 11.8. The van der Waals surface area contributed by atoms with Crippen LogP contribution in [0.2, 0.25) is 0 Å². The second-order valence-electron chi connectivity index (χ2n) is 5.28. The Hall–Kier alpha value is -2.14. The molecule has 0 unspecified atom stereocenters. The minimum absolute atomic E-state index is 0.193. The van der Waals surface area contributed by atoms with Gasteiger partial charge in [-0.05, 0) is 53.1 Å². The molecule has 0 spiro atoms. The number of rotatable bonds is 5. The van der Waals surface area contributed by atoms with E-state index in [2.05, 4.69) is 30.4 Å². The molecule has 5 heteroatoms. The maximum Gasteiger partial charge on any atom is 0.281 e. The van der Waals surface area contributed by atoms with Crippen molar-refractivity contribution >= 4 is 23.5 Å². The van der Waals surface area contributed by atoms with Gasteiger partial charge in [0.2, 0.25) is 0 Å². The molecule has 0 aliphatic rings. The van der Waals surface area contributed by atoms with Crippen molar-refractivity contribution < 1.29 is 9.53 Å². The van der Waals surface area contributed by atoms with Gasteiger partial charge >= 0.3 is 0 Å². The number of hydrazone groups is 1. The number of ether oxygens (including phenoxy) is 1. The summed E-state index contributed by atoms with van der Waals surface area (Å²) in [7, 11) is 1.68. The lowest BCUT2D eigenvalue weighted by Gasteiger charge is -2.14. The Morgan fingerprint density at radius 1 is 1.41 bits per heavy atom. The van der Waals surface area contributed by atoms with Crippen molar-refractivity contribution in [1.29, 1.82) is 0 Å². The predicted molar refractivity (Wildman–Crippen MR) is 91.2 cm³/mol. The highest BCUT2D eigenvalue weighted by Gasteiger charge is 2.10. The molecule has 1 aromatic heterocycles. The average molecular weight is 316 g/mol. The van der Waals surface area contributed by atoms with Crippen LogP contribution in [0.4, 0.5) is 0 Å². The van der Waals surface area contributed by atoms with Crippen molar-refractivity contribution in [2.45, 2.75) is 26.7 Å². The minimum Gasteiger partial charge on any atom is -0.496 e. The Kier molecular flexibility index (Phi) is 5.33. The number of aryl methyl sites for hydroxylation is 1. The number of hydrogen-bond donors (Lipinski definition) is 1. The van der Waals surface area contributed by atoms with Crippen molar-refractivity contribution in [3.8, 4) is 5.75 Å². The third-order valence-electron chi connectivity index (χ3n) is 3.36. The average Bonchev–Trinajstić information content (AvgIpc) is 3.02. The number of nitrogens with one attached hydrogen (secondary N) is 1. The van der Waals surface area contributed by atoms with Gasteiger partial charge in [0.1, 0.15) is 5.75 Å². The molecule has 0 aliphatic heterocycles. The lowest BCUT2D eigenvalue weighted by atomic mass is 9.97. The molecule has 116 valence electrons. The van der Waals surface area contributed by atoms with E-state index < -0.39 is 0 Å². The van der Waals surface area contributed by atoms with Gasteiger partial charge in [0.05, 0.1) is 18.2 Å². The third-order valence-corrected chi connectivity index (χ3v) is 4.22. The molecule has 1 N–H and O–H groups in total. The summed E-state index contributed by atoms with van der Waals surface area (Å²) < 4.78 is 5.42. The monoisotopic (exact) mass is 316 g/mol. The van der Waals surface area contributed by atoms with Crippen LogP contribution in [0.15, 0.2) is 34.7 Å². The highest BCUT2D eigenvalue weighted by atomic mass is 32.1. The summed E-state index contributed by atoms with van der Waals surface area (Å²) in [6.07, 6.45) is 1.67. The minimum atomic E-state index is -0.193. The summed E-state index contributed by atoms with van der Waals surface area (Å²) in [5, 5.41) is 5.92. The Morgan fingerprint density at radius 2 is 2.18 bits per heavy atom. The van der Waals surface area contributed by atoms with Crippen molar-refractivity contribution in [1.82, 2.24) is 5.43 Å². The standard InChI is InChI=1S/C17H20N2O2S/c1-11(2)14-9-13(12(3)8-15(14)21-4)10-18-19-17(20)16-6-5-7-22-16/h5-11H,1-4H3,(H,19,20)/b18-10+. The van der Waals surface area contributed by atoms with Crippen LogP contribution in [-0.4, -0.2) is 19.2 Å². The zero-order valence-electron chi connectivity index (χ0n) is 13.2. The van der Waals surface area contributed by atoms with Crippen molar-refractivity contribution in [2.75, 3.05) is 7.11 Å². The fourth-order valence-corrected chi connectivity index (χ4v) is 2.72. The number of carbonyl (C=O) groups excluding carboxylic acids is 1. The van der Waals surface area contributed by atoms with E-state index in [1.54, 1.807) is 19.4 Å². The molecule has 0 bridgehead atoms. The molecule has 2 rings (SSSR count). The van der Waals surface area contributed by atoms with Gasteiger partial charge < -0.3 is 4.74 Å². The topological polar surface area (TPSA) is 50.7 Å². The molecule has 0 atom stereocenters. The van der Waals surface area contributed by atoms with E-state index >= 15 is 0 Å². The second kappa shape index (κ2) is 7.22. The summed E-state index contributed by atoms with van der Waals surface area (Å²) in [5.41, 5.74) is 5.69. The first-order valence-corrected chi connectivity index (χ1v) is 7.96. The van der Waals surface area contributed by atoms with E-state index in [9.17, 15) is 4.79 Å². The molecule has 0 saturated heterocycles. The summed E-state index contributed by atoms with van der Waals surface area (Å²) >= 11 is 1.39. The van der Waals surface area contributed by atoms with E-state index in [0.717, 1.165) is 22.4 Å². The number of thiophene rings is 1.